The Morgan fingerprint density at radius 3 is 2.58 bits per heavy atom. The average Bonchev–Trinajstić information content (AvgIpc) is 3.14. The molecule has 2 aromatic heterocycles. The van der Waals surface area contributed by atoms with Crippen molar-refractivity contribution in [1.29, 1.82) is 0 Å². The lowest BCUT2D eigenvalue weighted by atomic mass is 10.2. The van der Waals surface area contributed by atoms with Crippen molar-refractivity contribution in [2.24, 2.45) is 0 Å². The maximum atomic E-state index is 14.0. The molecule has 0 spiro atoms. The van der Waals surface area contributed by atoms with Gasteiger partial charge < -0.3 is 9.88 Å². The number of hydrogen-bond donors (Lipinski definition) is 1. The summed E-state index contributed by atoms with van der Waals surface area (Å²) >= 11 is 0. The maximum Gasteiger partial charge on any atom is 0.240 e. The second kappa shape index (κ2) is 8.69. The van der Waals surface area contributed by atoms with Crippen molar-refractivity contribution in [2.75, 3.05) is 0 Å². The molecule has 4 rings (SSSR count). The SMILES string of the molecule is O=C(Cn1cc(S(=O)(=O)Cc2ccccc2F)c2ccccc21)NCc1cccnc1. The van der Waals surface area contributed by atoms with Crippen LogP contribution in [0.25, 0.3) is 10.9 Å². The van der Waals surface area contributed by atoms with Crippen molar-refractivity contribution >= 4 is 26.6 Å². The van der Waals surface area contributed by atoms with E-state index in [2.05, 4.69) is 10.3 Å². The normalized spacial score (nSPS) is 11.5. The molecule has 0 saturated heterocycles. The van der Waals surface area contributed by atoms with Gasteiger partial charge in [0.15, 0.2) is 9.84 Å². The number of nitrogens with one attached hydrogen (secondary N) is 1. The van der Waals surface area contributed by atoms with E-state index < -0.39 is 21.4 Å². The second-order valence-electron chi connectivity index (χ2n) is 7.13. The van der Waals surface area contributed by atoms with Gasteiger partial charge in [0.25, 0.3) is 0 Å². The smallest absolute Gasteiger partial charge is 0.240 e. The van der Waals surface area contributed by atoms with Crippen LogP contribution in [0.1, 0.15) is 11.1 Å². The van der Waals surface area contributed by atoms with E-state index in [-0.39, 0.29) is 22.9 Å². The fourth-order valence-corrected chi connectivity index (χ4v) is 5.00. The molecule has 2 aromatic carbocycles. The molecule has 0 unspecified atom stereocenters. The maximum absolute atomic E-state index is 14.0. The number of carbonyl (C=O) groups is 1. The number of nitrogens with zero attached hydrogens (tertiary/aromatic N) is 2. The Kier molecular flexibility index (Phi) is 5.81. The lowest BCUT2D eigenvalue weighted by Crippen LogP contribution is -2.26. The molecule has 0 fully saturated rings. The number of aromatic nitrogens is 2. The molecule has 0 aliphatic carbocycles. The number of pyridine rings is 1. The predicted molar refractivity (Wildman–Crippen MR) is 115 cm³/mol. The van der Waals surface area contributed by atoms with Gasteiger partial charge >= 0.3 is 0 Å². The number of carbonyl (C=O) groups excluding carboxylic acids is 1. The minimum atomic E-state index is -3.83. The largest absolute Gasteiger partial charge is 0.350 e. The number of rotatable bonds is 7. The molecule has 0 radical (unpaired) electrons. The van der Waals surface area contributed by atoms with Crippen LogP contribution in [-0.2, 0) is 33.5 Å². The van der Waals surface area contributed by atoms with Crippen LogP contribution in [0, 0.1) is 5.82 Å². The number of sulfone groups is 1. The highest BCUT2D eigenvalue weighted by molar-refractivity contribution is 7.90. The topological polar surface area (TPSA) is 81.1 Å². The Morgan fingerprint density at radius 1 is 1.03 bits per heavy atom. The predicted octanol–water partition coefficient (Wildman–Crippen LogP) is 3.47. The van der Waals surface area contributed by atoms with Crippen molar-refractivity contribution in [2.45, 2.75) is 23.7 Å². The molecular weight excluding hydrogens is 417 g/mol. The summed E-state index contributed by atoms with van der Waals surface area (Å²) < 4.78 is 41.8. The number of benzene rings is 2. The lowest BCUT2D eigenvalue weighted by molar-refractivity contribution is -0.121. The molecule has 0 aliphatic rings. The molecule has 1 N–H and O–H groups in total. The van der Waals surface area contributed by atoms with Gasteiger partial charge in [-0.25, -0.2) is 12.8 Å². The average molecular weight is 437 g/mol. The van der Waals surface area contributed by atoms with E-state index in [0.29, 0.717) is 17.4 Å². The van der Waals surface area contributed by atoms with Gasteiger partial charge in [-0.05, 0) is 23.8 Å². The number of hydrogen-bond acceptors (Lipinski definition) is 4. The van der Waals surface area contributed by atoms with E-state index in [1.54, 1.807) is 53.4 Å². The van der Waals surface area contributed by atoms with Gasteiger partial charge in [-0.3, -0.25) is 9.78 Å². The molecule has 0 aliphatic heterocycles. The van der Waals surface area contributed by atoms with Crippen LogP contribution in [0.2, 0.25) is 0 Å². The Bertz CT molecular complexity index is 1330. The van der Waals surface area contributed by atoms with E-state index in [4.69, 9.17) is 0 Å². The quantitative estimate of drug-likeness (QED) is 0.480. The summed E-state index contributed by atoms with van der Waals surface area (Å²) in [5.41, 5.74) is 1.58. The monoisotopic (exact) mass is 437 g/mol. The third kappa shape index (κ3) is 4.64. The molecule has 6 nitrogen and oxygen atoms in total. The van der Waals surface area contributed by atoms with Crippen LogP contribution >= 0.6 is 0 Å². The summed E-state index contributed by atoms with van der Waals surface area (Å²) in [5.74, 6) is -1.28. The summed E-state index contributed by atoms with van der Waals surface area (Å²) in [6, 6.07) is 16.4. The lowest BCUT2D eigenvalue weighted by Gasteiger charge is -2.07. The second-order valence-corrected chi connectivity index (χ2v) is 9.08. The van der Waals surface area contributed by atoms with Crippen LogP contribution in [-0.4, -0.2) is 23.9 Å². The molecule has 31 heavy (non-hydrogen) atoms. The van der Waals surface area contributed by atoms with Crippen LogP contribution in [0.4, 0.5) is 4.39 Å². The highest BCUT2D eigenvalue weighted by Gasteiger charge is 2.23. The summed E-state index contributed by atoms with van der Waals surface area (Å²) in [5, 5.41) is 3.31. The third-order valence-corrected chi connectivity index (χ3v) is 6.60. The van der Waals surface area contributed by atoms with Crippen molar-refractivity contribution in [3.63, 3.8) is 0 Å². The molecular formula is C23H20FN3O3S. The molecule has 4 aromatic rings. The highest BCUT2D eigenvalue weighted by Crippen LogP contribution is 2.28. The van der Waals surface area contributed by atoms with Crippen molar-refractivity contribution in [3.05, 3.63) is 96.2 Å². The van der Waals surface area contributed by atoms with Crippen molar-refractivity contribution < 1.29 is 17.6 Å². The standard InChI is InChI=1S/C23H20FN3O3S/c24-20-9-3-1-7-18(20)16-31(29,30)22-14-27(21-10-4-2-8-19(21)22)15-23(28)26-13-17-6-5-11-25-12-17/h1-12,14H,13,15-16H2,(H,26,28). The summed E-state index contributed by atoms with van der Waals surface area (Å²) in [4.78, 5) is 16.6. The first-order chi connectivity index (χ1) is 14.9. The highest BCUT2D eigenvalue weighted by atomic mass is 32.2. The van der Waals surface area contributed by atoms with Gasteiger partial charge in [0.1, 0.15) is 12.4 Å². The van der Waals surface area contributed by atoms with Crippen LogP contribution < -0.4 is 5.32 Å². The molecule has 0 atom stereocenters. The zero-order valence-electron chi connectivity index (χ0n) is 16.5. The Morgan fingerprint density at radius 2 is 1.81 bits per heavy atom. The molecule has 8 heteroatoms. The first-order valence-corrected chi connectivity index (χ1v) is 11.3. The van der Waals surface area contributed by atoms with E-state index in [1.165, 1.54) is 24.4 Å². The molecule has 1 amide bonds. The number of amides is 1. The van der Waals surface area contributed by atoms with Gasteiger partial charge in [0.05, 0.1) is 10.6 Å². The van der Waals surface area contributed by atoms with E-state index in [9.17, 15) is 17.6 Å². The molecule has 0 saturated carbocycles. The van der Waals surface area contributed by atoms with Crippen LogP contribution in [0.3, 0.4) is 0 Å². The van der Waals surface area contributed by atoms with E-state index in [1.807, 2.05) is 6.07 Å². The van der Waals surface area contributed by atoms with E-state index in [0.717, 1.165) is 5.56 Å². The fraction of sp³-hybridized carbons (Fsp3) is 0.130. The molecule has 2 heterocycles. The van der Waals surface area contributed by atoms with Gasteiger partial charge in [-0.15, -0.1) is 0 Å². The number of para-hydroxylation sites is 1. The Labute approximate surface area is 179 Å². The minimum Gasteiger partial charge on any atom is -0.350 e. The van der Waals surface area contributed by atoms with Crippen LogP contribution in [0.15, 0.2) is 84.1 Å². The summed E-state index contributed by atoms with van der Waals surface area (Å²) in [6.07, 6.45) is 4.77. The number of halogens is 1. The number of fused-ring (bicyclic) bond motifs is 1. The Hall–Kier alpha value is -3.52. The van der Waals surface area contributed by atoms with Gasteiger partial charge in [-0.2, -0.15) is 0 Å². The Balaban J connectivity index is 1.60. The van der Waals surface area contributed by atoms with Gasteiger partial charge in [0.2, 0.25) is 5.91 Å². The van der Waals surface area contributed by atoms with Gasteiger partial charge in [-0.1, -0.05) is 42.5 Å². The van der Waals surface area contributed by atoms with Crippen molar-refractivity contribution in [3.8, 4) is 0 Å². The van der Waals surface area contributed by atoms with Crippen LogP contribution in [0.5, 0.6) is 0 Å². The third-order valence-electron chi connectivity index (χ3n) is 4.92. The van der Waals surface area contributed by atoms with Crippen molar-refractivity contribution in [1.82, 2.24) is 14.9 Å². The molecule has 158 valence electrons. The summed E-state index contributed by atoms with van der Waals surface area (Å²) in [7, 11) is -3.83. The first kappa shape index (κ1) is 20.7. The minimum absolute atomic E-state index is 0.0456. The molecule has 0 bridgehead atoms. The fourth-order valence-electron chi connectivity index (χ4n) is 3.40. The van der Waals surface area contributed by atoms with E-state index >= 15 is 0 Å². The summed E-state index contributed by atoms with van der Waals surface area (Å²) in [6.45, 7) is 0.278. The van der Waals surface area contributed by atoms with Gasteiger partial charge in [0, 0.05) is 41.6 Å². The zero-order chi connectivity index (χ0) is 21.8. The first-order valence-electron chi connectivity index (χ1n) is 9.64. The zero-order valence-corrected chi connectivity index (χ0v) is 17.3.